The summed E-state index contributed by atoms with van der Waals surface area (Å²) in [5.41, 5.74) is 1.03. The van der Waals surface area contributed by atoms with Crippen LogP contribution in [0, 0.1) is 11.8 Å². The molecule has 5 aliphatic rings. The molecule has 2 saturated carbocycles. The van der Waals surface area contributed by atoms with E-state index < -0.39 is 12.2 Å². The Labute approximate surface area is 165 Å². The Balaban J connectivity index is 1.52. The van der Waals surface area contributed by atoms with E-state index in [-0.39, 0.29) is 24.0 Å². The zero-order valence-corrected chi connectivity index (χ0v) is 16.2. The van der Waals surface area contributed by atoms with Gasteiger partial charge in [-0.25, -0.2) is 0 Å². The molecule has 5 fully saturated rings. The van der Waals surface area contributed by atoms with Crippen molar-refractivity contribution in [2.24, 2.45) is 11.8 Å². The molecule has 2 bridgehead atoms. The molecule has 1 aromatic carbocycles. The molecule has 144 valence electrons. The van der Waals surface area contributed by atoms with Crippen molar-refractivity contribution in [1.82, 2.24) is 4.90 Å². The highest BCUT2D eigenvalue weighted by Crippen LogP contribution is 2.46. The number of thiocarbonyl (C=S) groups is 1. The van der Waals surface area contributed by atoms with Gasteiger partial charge in [0.2, 0.25) is 0 Å². The van der Waals surface area contributed by atoms with Gasteiger partial charge in [-0.3, -0.25) is 4.79 Å². The highest BCUT2D eigenvalue weighted by atomic mass is 32.1. The van der Waals surface area contributed by atoms with Crippen LogP contribution in [0.15, 0.2) is 30.3 Å². The van der Waals surface area contributed by atoms with Gasteiger partial charge < -0.3 is 19.6 Å². The van der Waals surface area contributed by atoms with Crippen LogP contribution in [0.4, 0.5) is 5.69 Å². The summed E-state index contributed by atoms with van der Waals surface area (Å²) < 4.78 is 5.65. The fourth-order valence-electron chi connectivity index (χ4n) is 5.61. The molecule has 3 aliphatic heterocycles. The summed E-state index contributed by atoms with van der Waals surface area (Å²) in [5.74, 6) is 0.112. The monoisotopic (exact) mass is 386 g/mol. The van der Waals surface area contributed by atoms with Gasteiger partial charge in [0.15, 0.2) is 5.11 Å². The van der Waals surface area contributed by atoms with Crippen LogP contribution < -0.4 is 4.90 Å². The van der Waals surface area contributed by atoms with E-state index >= 15 is 0 Å². The second-order valence-electron chi connectivity index (χ2n) is 8.44. The van der Waals surface area contributed by atoms with Crippen LogP contribution in [0.2, 0.25) is 0 Å². The second-order valence-corrected chi connectivity index (χ2v) is 8.80. The van der Waals surface area contributed by atoms with Gasteiger partial charge in [-0.05, 0) is 49.5 Å². The number of aliphatic hydroxyl groups is 1. The molecule has 1 N–H and O–H groups in total. The van der Waals surface area contributed by atoms with Gasteiger partial charge >= 0.3 is 5.97 Å². The molecular weight excluding hydrogens is 360 g/mol. The average molecular weight is 387 g/mol. The number of hydrogen-bond acceptors (Lipinski definition) is 4. The van der Waals surface area contributed by atoms with E-state index in [0.717, 1.165) is 17.3 Å². The number of ether oxygens (including phenoxy) is 1. The maximum absolute atomic E-state index is 12.5. The van der Waals surface area contributed by atoms with Gasteiger partial charge in [-0.15, -0.1) is 0 Å². The SMILES string of the molecule is O=C1O[C@@H]2[C@H]3[C@@H]([C@H]1C[C@H]2O)N(c1ccccc1)C(=S)N3CC1CCCCC1. The van der Waals surface area contributed by atoms with E-state index in [1.807, 2.05) is 18.2 Å². The van der Waals surface area contributed by atoms with Crippen molar-refractivity contribution in [3.05, 3.63) is 30.3 Å². The third-order valence-corrected chi connectivity index (χ3v) is 7.28. The minimum atomic E-state index is -0.596. The number of rotatable bonds is 3. The number of esters is 1. The summed E-state index contributed by atoms with van der Waals surface area (Å²) in [4.78, 5) is 16.9. The quantitative estimate of drug-likeness (QED) is 0.637. The van der Waals surface area contributed by atoms with Crippen LogP contribution in [-0.4, -0.2) is 51.9 Å². The summed E-state index contributed by atoms with van der Waals surface area (Å²) >= 11 is 5.94. The number of benzene rings is 1. The minimum absolute atomic E-state index is 0.0434. The van der Waals surface area contributed by atoms with E-state index in [1.165, 1.54) is 32.1 Å². The van der Waals surface area contributed by atoms with E-state index in [2.05, 4.69) is 21.9 Å². The topological polar surface area (TPSA) is 53.0 Å². The fraction of sp³-hybridized carbons (Fsp3) is 0.619. The molecule has 0 amide bonds. The van der Waals surface area contributed by atoms with Crippen LogP contribution in [0.5, 0.6) is 0 Å². The maximum Gasteiger partial charge on any atom is 0.311 e. The Hall–Kier alpha value is -1.66. The van der Waals surface area contributed by atoms with Crippen molar-refractivity contribution < 1.29 is 14.6 Å². The molecule has 2 aliphatic carbocycles. The first kappa shape index (κ1) is 17.4. The summed E-state index contributed by atoms with van der Waals surface area (Å²) in [6, 6.07) is 10.0. The normalized spacial score (nSPS) is 36.1. The van der Waals surface area contributed by atoms with Crippen LogP contribution in [0.1, 0.15) is 38.5 Å². The molecule has 5 nitrogen and oxygen atoms in total. The highest BCUT2D eigenvalue weighted by molar-refractivity contribution is 7.80. The lowest BCUT2D eigenvalue weighted by atomic mass is 9.74. The van der Waals surface area contributed by atoms with Gasteiger partial charge in [-0.2, -0.15) is 0 Å². The predicted molar refractivity (Wildman–Crippen MR) is 106 cm³/mol. The van der Waals surface area contributed by atoms with Crippen LogP contribution in [0.3, 0.4) is 0 Å². The smallest absolute Gasteiger partial charge is 0.311 e. The molecule has 6 rings (SSSR count). The molecule has 0 spiro atoms. The standard InChI is InChI=1S/C21H26N2O3S/c24-16-11-15-17-18(19(16)26-20(15)25)22(12-13-7-3-1-4-8-13)21(27)23(17)14-9-5-2-6-10-14/h2,5-6,9-10,13,15-19,24H,1,3-4,7-8,11-12H2/t15-,16-,17-,18-,19+/m1/s1. The van der Waals surface area contributed by atoms with Crippen molar-refractivity contribution >= 4 is 29.0 Å². The molecule has 0 radical (unpaired) electrons. The first-order valence-corrected chi connectivity index (χ1v) is 10.6. The predicted octanol–water partition coefficient (Wildman–Crippen LogP) is 2.72. The first-order valence-electron chi connectivity index (χ1n) is 10.2. The number of para-hydroxylation sites is 1. The van der Waals surface area contributed by atoms with E-state index in [0.29, 0.717) is 12.3 Å². The van der Waals surface area contributed by atoms with Crippen molar-refractivity contribution in [3.63, 3.8) is 0 Å². The maximum atomic E-state index is 12.5. The molecule has 3 heterocycles. The first-order chi connectivity index (χ1) is 13.1. The average Bonchev–Trinajstić information content (AvgIpc) is 2.98. The molecular formula is C21H26N2O3S. The van der Waals surface area contributed by atoms with Crippen LogP contribution in [0.25, 0.3) is 0 Å². The van der Waals surface area contributed by atoms with Gasteiger partial charge in [0, 0.05) is 12.2 Å². The van der Waals surface area contributed by atoms with Crippen LogP contribution in [-0.2, 0) is 9.53 Å². The van der Waals surface area contributed by atoms with Crippen molar-refractivity contribution in [2.45, 2.75) is 62.8 Å². The van der Waals surface area contributed by atoms with Gasteiger partial charge in [0.25, 0.3) is 0 Å². The molecule has 27 heavy (non-hydrogen) atoms. The number of hydrogen-bond donors (Lipinski definition) is 1. The number of carbonyl (C=O) groups is 1. The lowest BCUT2D eigenvalue weighted by Gasteiger charge is -2.49. The number of nitrogens with zero attached hydrogens (tertiary/aromatic N) is 2. The van der Waals surface area contributed by atoms with Gasteiger partial charge in [0.05, 0.1) is 24.1 Å². The van der Waals surface area contributed by atoms with E-state index in [1.54, 1.807) is 0 Å². The van der Waals surface area contributed by atoms with Gasteiger partial charge in [0.1, 0.15) is 6.10 Å². The second kappa shape index (κ2) is 6.74. The Morgan fingerprint density at radius 1 is 1.11 bits per heavy atom. The fourth-order valence-corrected chi connectivity index (χ4v) is 6.03. The summed E-state index contributed by atoms with van der Waals surface area (Å²) in [5, 5.41) is 11.3. The lowest BCUT2D eigenvalue weighted by molar-refractivity contribution is -0.194. The Bertz CT molecular complexity index is 736. The lowest BCUT2D eigenvalue weighted by Crippen LogP contribution is -2.66. The Morgan fingerprint density at radius 3 is 2.59 bits per heavy atom. The highest BCUT2D eigenvalue weighted by Gasteiger charge is 2.63. The zero-order valence-electron chi connectivity index (χ0n) is 15.4. The Kier molecular flexibility index (Phi) is 4.36. The molecule has 1 aromatic rings. The minimum Gasteiger partial charge on any atom is -0.457 e. The van der Waals surface area contributed by atoms with Gasteiger partial charge in [-0.1, -0.05) is 37.5 Å². The molecule has 6 heteroatoms. The molecule has 3 saturated heterocycles. The summed E-state index contributed by atoms with van der Waals surface area (Å²) in [6.45, 7) is 0.900. The zero-order chi connectivity index (χ0) is 18.5. The number of carbonyl (C=O) groups excluding carboxylic acids is 1. The third-order valence-electron chi connectivity index (χ3n) is 6.85. The van der Waals surface area contributed by atoms with Crippen molar-refractivity contribution in [3.8, 4) is 0 Å². The molecule has 0 aromatic heterocycles. The van der Waals surface area contributed by atoms with E-state index in [4.69, 9.17) is 17.0 Å². The van der Waals surface area contributed by atoms with Crippen LogP contribution >= 0.6 is 12.2 Å². The number of fused-ring (bicyclic) bond motifs is 2. The number of anilines is 1. The largest absolute Gasteiger partial charge is 0.457 e. The molecule has 5 atom stereocenters. The number of aliphatic hydroxyl groups excluding tert-OH is 1. The van der Waals surface area contributed by atoms with E-state index in [9.17, 15) is 9.90 Å². The van der Waals surface area contributed by atoms with Crippen molar-refractivity contribution in [2.75, 3.05) is 11.4 Å². The third kappa shape index (κ3) is 2.76. The summed E-state index contributed by atoms with van der Waals surface area (Å²) in [6.07, 6.45) is 5.75. The summed E-state index contributed by atoms with van der Waals surface area (Å²) in [7, 11) is 0. The Morgan fingerprint density at radius 2 is 1.85 bits per heavy atom. The van der Waals surface area contributed by atoms with Crippen molar-refractivity contribution in [1.29, 1.82) is 0 Å². The molecule has 0 unspecified atom stereocenters.